The molecule has 0 aliphatic carbocycles. The molecule has 0 spiro atoms. The fourth-order valence-corrected chi connectivity index (χ4v) is 4.86. The van der Waals surface area contributed by atoms with E-state index in [1.165, 1.54) is 11.8 Å². The van der Waals surface area contributed by atoms with Crippen LogP contribution in [0, 0.1) is 13.8 Å². The maximum absolute atomic E-state index is 12.5. The van der Waals surface area contributed by atoms with Gasteiger partial charge in [-0.05, 0) is 19.4 Å². The topological polar surface area (TPSA) is 76.5 Å². The molecular weight excluding hydrogens is 390 g/mol. The number of thiophene rings is 1. The van der Waals surface area contributed by atoms with E-state index in [4.69, 9.17) is 0 Å². The van der Waals surface area contributed by atoms with E-state index in [0.717, 1.165) is 31.8 Å². The number of thioether (sulfide) groups is 1. The van der Waals surface area contributed by atoms with E-state index in [9.17, 15) is 4.79 Å². The third-order valence-corrected chi connectivity index (χ3v) is 6.57. The summed E-state index contributed by atoms with van der Waals surface area (Å²) < 4.78 is 2.02. The highest BCUT2D eigenvalue weighted by molar-refractivity contribution is 7.98. The van der Waals surface area contributed by atoms with Crippen LogP contribution in [0.5, 0.6) is 0 Å². The Hall–Kier alpha value is -2.71. The van der Waals surface area contributed by atoms with Crippen LogP contribution in [0.15, 0.2) is 52.9 Å². The maximum Gasteiger partial charge on any atom is 0.259 e. The Balaban J connectivity index is 1.63. The number of aromatic nitrogens is 5. The molecule has 0 aliphatic heterocycles. The lowest BCUT2D eigenvalue weighted by atomic mass is 10.2. The predicted octanol–water partition coefficient (Wildman–Crippen LogP) is 4.34. The van der Waals surface area contributed by atoms with Crippen LogP contribution in [0.2, 0.25) is 0 Å². The molecule has 4 rings (SSSR count). The Labute approximate surface area is 170 Å². The van der Waals surface area contributed by atoms with Crippen LogP contribution >= 0.6 is 23.1 Å². The van der Waals surface area contributed by atoms with E-state index in [1.54, 1.807) is 11.3 Å². The zero-order valence-electron chi connectivity index (χ0n) is 15.6. The molecule has 0 amide bonds. The number of nitrogens with one attached hydrogen (secondary N) is 1. The normalized spacial score (nSPS) is 11.2. The van der Waals surface area contributed by atoms with E-state index in [-0.39, 0.29) is 5.56 Å². The van der Waals surface area contributed by atoms with Gasteiger partial charge in [0.1, 0.15) is 10.7 Å². The third-order valence-electron chi connectivity index (χ3n) is 4.49. The fourth-order valence-electron chi connectivity index (χ4n) is 2.99. The van der Waals surface area contributed by atoms with E-state index >= 15 is 0 Å². The highest BCUT2D eigenvalue weighted by atomic mass is 32.2. The number of aromatic amines is 1. The molecule has 8 heteroatoms. The highest BCUT2D eigenvalue weighted by Crippen LogP contribution is 2.28. The number of benzene rings is 1. The van der Waals surface area contributed by atoms with Gasteiger partial charge in [-0.25, -0.2) is 4.98 Å². The molecule has 0 saturated carbocycles. The maximum atomic E-state index is 12.5. The molecule has 0 unspecified atom stereocenters. The minimum Gasteiger partial charge on any atom is -0.309 e. The Bertz CT molecular complexity index is 1210. The van der Waals surface area contributed by atoms with Gasteiger partial charge in [0.25, 0.3) is 5.56 Å². The van der Waals surface area contributed by atoms with Gasteiger partial charge in [-0.3, -0.25) is 9.36 Å². The molecule has 3 aromatic heterocycles. The molecule has 28 heavy (non-hydrogen) atoms. The van der Waals surface area contributed by atoms with E-state index in [1.807, 2.05) is 54.8 Å². The summed E-state index contributed by atoms with van der Waals surface area (Å²) in [5.41, 5.74) is 1.92. The van der Waals surface area contributed by atoms with E-state index in [2.05, 4.69) is 26.7 Å². The largest absolute Gasteiger partial charge is 0.309 e. The summed E-state index contributed by atoms with van der Waals surface area (Å²) in [5.74, 6) is 1.94. The second kappa shape index (κ2) is 7.73. The number of hydrogen-bond acceptors (Lipinski definition) is 6. The number of nitrogens with zero attached hydrogens (tertiary/aromatic N) is 4. The van der Waals surface area contributed by atoms with Gasteiger partial charge in [0.2, 0.25) is 0 Å². The molecule has 0 radical (unpaired) electrons. The van der Waals surface area contributed by atoms with Crippen molar-refractivity contribution < 1.29 is 0 Å². The van der Waals surface area contributed by atoms with Crippen molar-refractivity contribution in [2.45, 2.75) is 31.3 Å². The summed E-state index contributed by atoms with van der Waals surface area (Å²) in [6, 6.07) is 9.94. The number of fused-ring (bicyclic) bond motifs is 1. The van der Waals surface area contributed by atoms with Gasteiger partial charge < -0.3 is 4.98 Å². The molecule has 0 atom stereocenters. The summed E-state index contributed by atoms with van der Waals surface area (Å²) in [6.07, 6.45) is 1.82. The number of hydrogen-bond donors (Lipinski definition) is 1. The van der Waals surface area contributed by atoms with Crippen LogP contribution in [0.3, 0.4) is 0 Å². The molecule has 0 aliphatic rings. The van der Waals surface area contributed by atoms with Crippen molar-refractivity contribution in [3.8, 4) is 11.4 Å². The van der Waals surface area contributed by atoms with Crippen LogP contribution in [-0.4, -0.2) is 24.7 Å². The Morgan fingerprint density at radius 3 is 2.79 bits per heavy atom. The molecule has 0 fully saturated rings. The lowest BCUT2D eigenvalue weighted by Gasteiger charge is -2.07. The van der Waals surface area contributed by atoms with Crippen molar-refractivity contribution in [3.05, 3.63) is 69.6 Å². The van der Waals surface area contributed by atoms with Gasteiger partial charge in [0, 0.05) is 17.0 Å². The average Bonchev–Trinajstić information content (AvgIpc) is 3.22. The first-order chi connectivity index (χ1) is 13.6. The number of allylic oxidation sites excluding steroid dienone is 1. The zero-order chi connectivity index (χ0) is 19.7. The smallest absolute Gasteiger partial charge is 0.259 e. The summed E-state index contributed by atoms with van der Waals surface area (Å²) in [6.45, 7) is 8.42. The monoisotopic (exact) mass is 409 g/mol. The number of H-pyrrole nitrogens is 1. The minimum absolute atomic E-state index is 0.0833. The van der Waals surface area contributed by atoms with Crippen molar-refractivity contribution >= 4 is 33.3 Å². The van der Waals surface area contributed by atoms with Crippen LogP contribution < -0.4 is 5.56 Å². The molecule has 4 aromatic rings. The van der Waals surface area contributed by atoms with Gasteiger partial charge in [-0.1, -0.05) is 48.2 Å². The predicted molar refractivity (Wildman–Crippen MR) is 115 cm³/mol. The molecule has 6 nitrogen and oxygen atoms in total. The van der Waals surface area contributed by atoms with Gasteiger partial charge in [0.05, 0.1) is 11.1 Å². The third kappa shape index (κ3) is 3.41. The first kappa shape index (κ1) is 18.6. The second-order valence-electron chi connectivity index (χ2n) is 6.34. The number of rotatable bonds is 6. The van der Waals surface area contributed by atoms with Crippen molar-refractivity contribution in [3.63, 3.8) is 0 Å². The first-order valence-electron chi connectivity index (χ1n) is 8.79. The van der Waals surface area contributed by atoms with Crippen LogP contribution in [0.25, 0.3) is 21.6 Å². The second-order valence-corrected chi connectivity index (χ2v) is 8.48. The molecular formula is C20H19N5OS2. The van der Waals surface area contributed by atoms with Crippen LogP contribution in [0.4, 0.5) is 0 Å². The zero-order valence-corrected chi connectivity index (χ0v) is 17.2. The van der Waals surface area contributed by atoms with Gasteiger partial charge >= 0.3 is 0 Å². The fraction of sp³-hybridized carbons (Fsp3) is 0.200. The lowest BCUT2D eigenvalue weighted by Crippen LogP contribution is -2.11. The first-order valence-corrected chi connectivity index (χ1v) is 10.6. The molecule has 3 heterocycles. The van der Waals surface area contributed by atoms with Gasteiger partial charge in [-0.2, -0.15) is 0 Å². The Kier molecular flexibility index (Phi) is 5.15. The lowest BCUT2D eigenvalue weighted by molar-refractivity contribution is 0.730. The summed E-state index contributed by atoms with van der Waals surface area (Å²) in [7, 11) is 0. The highest BCUT2D eigenvalue weighted by Gasteiger charge is 2.15. The Morgan fingerprint density at radius 1 is 1.25 bits per heavy atom. The summed E-state index contributed by atoms with van der Waals surface area (Å²) in [4.78, 5) is 21.9. The minimum atomic E-state index is -0.0833. The molecule has 0 bridgehead atoms. The number of aryl methyl sites for hydroxylation is 2. The van der Waals surface area contributed by atoms with E-state index < -0.39 is 0 Å². The van der Waals surface area contributed by atoms with Gasteiger partial charge in [0.15, 0.2) is 11.0 Å². The van der Waals surface area contributed by atoms with Crippen molar-refractivity contribution in [2.24, 2.45) is 0 Å². The molecule has 142 valence electrons. The van der Waals surface area contributed by atoms with Crippen LogP contribution in [0.1, 0.15) is 16.3 Å². The van der Waals surface area contributed by atoms with E-state index in [0.29, 0.717) is 23.5 Å². The van der Waals surface area contributed by atoms with Crippen molar-refractivity contribution in [2.75, 3.05) is 0 Å². The summed E-state index contributed by atoms with van der Waals surface area (Å²) >= 11 is 3.05. The molecule has 0 saturated heterocycles. The van der Waals surface area contributed by atoms with Crippen molar-refractivity contribution in [1.82, 2.24) is 24.7 Å². The molecule has 1 N–H and O–H groups in total. The quantitative estimate of drug-likeness (QED) is 0.379. The average molecular weight is 410 g/mol. The summed E-state index contributed by atoms with van der Waals surface area (Å²) in [5, 5.41) is 10.1. The van der Waals surface area contributed by atoms with Gasteiger partial charge in [-0.15, -0.1) is 28.1 Å². The Morgan fingerprint density at radius 2 is 2.04 bits per heavy atom. The van der Waals surface area contributed by atoms with Crippen LogP contribution in [-0.2, 0) is 12.3 Å². The van der Waals surface area contributed by atoms with Crippen molar-refractivity contribution in [1.29, 1.82) is 0 Å². The standard InChI is InChI=1S/C20H19N5OS2/c1-4-10-25-17(14-8-6-5-7-9-14)23-24-20(25)27-11-15-21-18(26)16-12(2)13(3)28-19(16)22-15/h4-9H,1,10-11H2,2-3H3,(H,21,22,26). The molecule has 1 aromatic carbocycles. The SMILES string of the molecule is C=CCn1c(SCc2nc3sc(C)c(C)c3c(=O)[nH]2)nnc1-c1ccccc1.